The van der Waals surface area contributed by atoms with E-state index in [9.17, 15) is 9.65 Å². The highest BCUT2D eigenvalue weighted by Gasteiger charge is 2.50. The van der Waals surface area contributed by atoms with Crippen LogP contribution >= 0.6 is 0 Å². The maximum absolute atomic E-state index is 14.4. The number of halogens is 1. The fourth-order valence-corrected chi connectivity index (χ4v) is 8.18. The van der Waals surface area contributed by atoms with Gasteiger partial charge >= 0.3 is 6.01 Å². The van der Waals surface area contributed by atoms with Crippen LogP contribution in [0.2, 0.25) is 0 Å². The normalized spacial score (nSPS) is 32.3. The van der Waals surface area contributed by atoms with Crippen molar-refractivity contribution in [3.05, 3.63) is 40.1 Å². The number of benzene rings is 1. The Balaban J connectivity index is 1.14. The molecule has 2 aromatic rings. The van der Waals surface area contributed by atoms with Gasteiger partial charge in [-0.2, -0.15) is 15.2 Å². The Kier molecular flexibility index (Phi) is 6.19. The Bertz CT molecular complexity index is 1450. The third-order valence-electron chi connectivity index (χ3n) is 10.6. The van der Waals surface area contributed by atoms with Crippen molar-refractivity contribution in [2.24, 2.45) is 0 Å². The first kappa shape index (κ1) is 26.6. The van der Waals surface area contributed by atoms with E-state index in [1.165, 1.54) is 0 Å². The predicted octanol–water partition coefficient (Wildman–Crippen LogP) is 4.12. The Morgan fingerprint density at radius 3 is 2.83 bits per heavy atom. The summed E-state index contributed by atoms with van der Waals surface area (Å²) in [7, 11) is 0. The van der Waals surface area contributed by atoms with Gasteiger partial charge in [-0.15, -0.1) is 0 Å². The molecule has 9 nitrogen and oxygen atoms in total. The molecule has 0 bridgehead atoms. The van der Waals surface area contributed by atoms with E-state index in [4.69, 9.17) is 29.9 Å². The number of hydrogen-bond acceptors (Lipinski definition) is 9. The first-order valence-corrected chi connectivity index (χ1v) is 15.7. The SMILES string of the molecule is CC1CCC2(Cc3nc(OCC45CCCN4CC(F)C5)nc(N4CC(OC5CC5)C4)c3CO2)c2c1ccc(N)c2C#N. The van der Waals surface area contributed by atoms with Gasteiger partial charge in [0.1, 0.15) is 30.3 Å². The molecule has 4 atom stereocenters. The monoisotopic (exact) mass is 574 g/mol. The van der Waals surface area contributed by atoms with Gasteiger partial charge in [0.2, 0.25) is 0 Å². The molecule has 10 heteroatoms. The summed E-state index contributed by atoms with van der Waals surface area (Å²) < 4.78 is 33.8. The molecule has 1 saturated carbocycles. The molecular weight excluding hydrogens is 535 g/mol. The van der Waals surface area contributed by atoms with Gasteiger partial charge in [0.25, 0.3) is 0 Å². The van der Waals surface area contributed by atoms with Crippen LogP contribution in [0.15, 0.2) is 12.1 Å². The Labute approximate surface area is 246 Å². The summed E-state index contributed by atoms with van der Waals surface area (Å²) in [4.78, 5) is 14.4. The maximum atomic E-state index is 14.4. The molecule has 2 N–H and O–H groups in total. The summed E-state index contributed by atoms with van der Waals surface area (Å²) in [6, 6.07) is 6.62. The van der Waals surface area contributed by atoms with Crippen LogP contribution < -0.4 is 15.4 Å². The number of nitriles is 1. The van der Waals surface area contributed by atoms with Crippen LogP contribution in [0.5, 0.6) is 6.01 Å². The van der Waals surface area contributed by atoms with Gasteiger partial charge in [-0.05, 0) is 62.6 Å². The minimum atomic E-state index is -0.814. The third kappa shape index (κ3) is 4.27. The average Bonchev–Trinajstić information content (AvgIpc) is 3.62. The Morgan fingerprint density at radius 2 is 2.02 bits per heavy atom. The molecule has 8 rings (SSSR count). The lowest BCUT2D eigenvalue weighted by Crippen LogP contribution is -2.53. The van der Waals surface area contributed by atoms with E-state index in [2.05, 4.69) is 28.9 Å². The van der Waals surface area contributed by atoms with E-state index < -0.39 is 11.8 Å². The van der Waals surface area contributed by atoms with Gasteiger partial charge in [-0.25, -0.2) is 4.39 Å². The van der Waals surface area contributed by atoms with E-state index >= 15 is 0 Å². The summed E-state index contributed by atoms with van der Waals surface area (Å²) in [5.41, 5.74) is 10.3. The fourth-order valence-electron chi connectivity index (χ4n) is 8.18. The predicted molar refractivity (Wildman–Crippen MR) is 154 cm³/mol. The van der Waals surface area contributed by atoms with Crippen molar-refractivity contribution >= 4 is 11.5 Å². The first-order chi connectivity index (χ1) is 20.4. The van der Waals surface area contributed by atoms with Crippen molar-refractivity contribution in [1.29, 1.82) is 5.26 Å². The molecule has 222 valence electrons. The number of alkyl halides is 1. The number of ether oxygens (including phenoxy) is 3. The lowest BCUT2D eigenvalue weighted by atomic mass is 9.69. The number of hydrogen-bond donors (Lipinski definition) is 1. The molecule has 42 heavy (non-hydrogen) atoms. The van der Waals surface area contributed by atoms with Crippen LogP contribution in [0.4, 0.5) is 15.9 Å². The maximum Gasteiger partial charge on any atom is 0.318 e. The number of nitrogens with two attached hydrogens (primary N) is 1. The van der Waals surface area contributed by atoms with Crippen LogP contribution in [-0.4, -0.2) is 71.6 Å². The quantitative estimate of drug-likeness (QED) is 0.510. The number of nitrogen functional groups attached to an aromatic ring is 1. The zero-order valence-electron chi connectivity index (χ0n) is 24.3. The summed E-state index contributed by atoms with van der Waals surface area (Å²) >= 11 is 0. The van der Waals surface area contributed by atoms with Crippen LogP contribution in [-0.2, 0) is 28.1 Å². The third-order valence-corrected chi connectivity index (χ3v) is 10.6. The standard InChI is InChI=1S/C32H39FN6O3/c1-19-7-9-32(28-23(19)5-6-26(35)24(28)13-34)12-27-25(17-41-32)29(38-15-22(16-38)42-21-3-4-21)37-30(36-27)40-18-31-8-2-10-39(31)14-20(33)11-31/h5-6,19-22H,2-4,7-12,14-18,35H2,1H3. The highest BCUT2D eigenvalue weighted by atomic mass is 19.1. The molecule has 6 aliphatic rings. The molecule has 4 fully saturated rings. The average molecular weight is 575 g/mol. The summed E-state index contributed by atoms with van der Waals surface area (Å²) in [5, 5.41) is 10.1. The minimum Gasteiger partial charge on any atom is -0.461 e. The zero-order chi connectivity index (χ0) is 28.6. The molecule has 1 aromatic heterocycles. The molecule has 4 unspecified atom stereocenters. The Hall–Kier alpha value is -3.00. The fraction of sp³-hybridized carbons (Fsp3) is 0.656. The first-order valence-electron chi connectivity index (χ1n) is 15.7. The van der Waals surface area contributed by atoms with Gasteiger partial charge < -0.3 is 24.8 Å². The van der Waals surface area contributed by atoms with Crippen molar-refractivity contribution < 1.29 is 18.6 Å². The van der Waals surface area contributed by atoms with Gasteiger partial charge in [0, 0.05) is 49.3 Å². The van der Waals surface area contributed by atoms with E-state index in [1.54, 1.807) is 0 Å². The number of anilines is 2. The Morgan fingerprint density at radius 1 is 1.17 bits per heavy atom. The van der Waals surface area contributed by atoms with E-state index in [1.807, 2.05) is 6.07 Å². The number of rotatable bonds is 6. The molecule has 1 spiro atoms. The molecular formula is C32H39FN6O3. The largest absolute Gasteiger partial charge is 0.461 e. The number of aromatic nitrogens is 2. The minimum absolute atomic E-state index is 0.210. The second kappa shape index (κ2) is 9.76. The molecule has 5 heterocycles. The van der Waals surface area contributed by atoms with Crippen molar-refractivity contribution in [3.8, 4) is 12.1 Å². The van der Waals surface area contributed by atoms with E-state index in [0.717, 1.165) is 86.4 Å². The zero-order valence-corrected chi connectivity index (χ0v) is 24.3. The molecule has 0 radical (unpaired) electrons. The van der Waals surface area contributed by atoms with Crippen molar-refractivity contribution in [2.45, 2.75) is 100 Å². The molecule has 2 aliphatic carbocycles. The van der Waals surface area contributed by atoms with Crippen molar-refractivity contribution in [2.75, 3.05) is 43.4 Å². The lowest BCUT2D eigenvalue weighted by molar-refractivity contribution is -0.0875. The van der Waals surface area contributed by atoms with E-state index in [-0.39, 0.29) is 11.6 Å². The highest BCUT2D eigenvalue weighted by Crippen LogP contribution is 2.51. The second-order valence-electron chi connectivity index (χ2n) is 13.5. The van der Waals surface area contributed by atoms with E-state index in [0.29, 0.717) is 61.9 Å². The molecule has 3 saturated heterocycles. The van der Waals surface area contributed by atoms with Gasteiger partial charge in [0.15, 0.2) is 0 Å². The van der Waals surface area contributed by atoms with Crippen LogP contribution in [0.3, 0.4) is 0 Å². The smallest absolute Gasteiger partial charge is 0.318 e. The van der Waals surface area contributed by atoms with Crippen LogP contribution in [0, 0.1) is 11.3 Å². The summed E-state index contributed by atoms with van der Waals surface area (Å²) in [6.45, 7) is 5.89. The number of fused-ring (bicyclic) bond motifs is 4. The summed E-state index contributed by atoms with van der Waals surface area (Å²) in [5.74, 6) is 1.15. The van der Waals surface area contributed by atoms with Gasteiger partial charge in [0.05, 0.1) is 35.6 Å². The molecule has 4 aliphatic heterocycles. The topological polar surface area (TPSA) is 110 Å². The summed E-state index contributed by atoms with van der Waals surface area (Å²) in [6.07, 6.45) is 6.86. The lowest BCUT2D eigenvalue weighted by Gasteiger charge is -2.46. The highest BCUT2D eigenvalue weighted by molar-refractivity contribution is 5.64. The van der Waals surface area contributed by atoms with Crippen molar-refractivity contribution in [1.82, 2.24) is 14.9 Å². The molecule has 1 aromatic carbocycles. The van der Waals surface area contributed by atoms with Crippen LogP contribution in [0.1, 0.15) is 85.7 Å². The molecule has 0 amide bonds. The number of nitrogens with zero attached hydrogens (tertiary/aromatic N) is 5. The second-order valence-corrected chi connectivity index (χ2v) is 13.5. The van der Waals surface area contributed by atoms with Crippen molar-refractivity contribution in [3.63, 3.8) is 0 Å². The van der Waals surface area contributed by atoms with Crippen LogP contribution in [0.25, 0.3) is 0 Å². The van der Waals surface area contributed by atoms with Gasteiger partial charge in [-0.1, -0.05) is 13.0 Å². The van der Waals surface area contributed by atoms with Gasteiger partial charge in [-0.3, -0.25) is 4.90 Å².